The number of hydrogen-bond acceptors (Lipinski definition) is 4. The lowest BCUT2D eigenvalue weighted by molar-refractivity contribution is -0.344. The lowest BCUT2D eigenvalue weighted by atomic mass is 10.1. The van der Waals surface area contributed by atoms with Crippen molar-refractivity contribution in [3.63, 3.8) is 0 Å². The molecule has 0 aromatic heterocycles. The van der Waals surface area contributed by atoms with E-state index in [1.54, 1.807) is 0 Å². The Labute approximate surface area is 156 Å². The molecule has 1 aromatic rings. The smallest absolute Gasteiger partial charge is 0.381 e. The van der Waals surface area contributed by atoms with Gasteiger partial charge in [-0.3, -0.25) is 0 Å². The second-order valence-corrected chi connectivity index (χ2v) is 5.40. The van der Waals surface area contributed by atoms with Gasteiger partial charge in [-0.1, -0.05) is 23.7 Å². The van der Waals surface area contributed by atoms with Crippen molar-refractivity contribution >= 4 is 23.5 Å². The van der Waals surface area contributed by atoms with E-state index < -0.39 is 42.7 Å². The van der Waals surface area contributed by atoms with Gasteiger partial charge >= 0.3 is 36.1 Å². The average molecular weight is 441 g/mol. The van der Waals surface area contributed by atoms with Crippen LogP contribution in [0.15, 0.2) is 36.4 Å². The Balaban J connectivity index is 2.69. The molecule has 0 aliphatic heterocycles. The molecule has 0 bridgehead atoms. The fourth-order valence-corrected chi connectivity index (χ4v) is 1.66. The van der Waals surface area contributed by atoms with Gasteiger partial charge < -0.3 is 9.47 Å². The Morgan fingerprint density at radius 2 is 1.54 bits per heavy atom. The molecule has 0 aliphatic rings. The van der Waals surface area contributed by atoms with Crippen molar-refractivity contribution in [3.8, 4) is 5.75 Å². The van der Waals surface area contributed by atoms with Crippen LogP contribution in [0.3, 0.4) is 0 Å². The molecule has 0 saturated heterocycles. The summed E-state index contributed by atoms with van der Waals surface area (Å²) in [6, 6.07) is 5.54. The highest BCUT2D eigenvalue weighted by atomic mass is 35.5. The van der Waals surface area contributed by atoms with E-state index in [9.17, 15) is 44.7 Å². The minimum Gasteiger partial charge on any atom is -0.456 e. The highest BCUT2D eigenvalue weighted by molar-refractivity contribution is 6.32. The van der Waals surface area contributed by atoms with Gasteiger partial charge in [0.05, 0.1) is 5.02 Å². The first-order chi connectivity index (χ1) is 12.7. The minimum atomic E-state index is -6.51. The summed E-state index contributed by atoms with van der Waals surface area (Å²) in [6.07, 6.45) is -4.59. The van der Waals surface area contributed by atoms with Crippen LogP contribution in [-0.4, -0.2) is 42.7 Å². The number of carbonyl (C=O) groups excluding carboxylic acids is 2. The summed E-state index contributed by atoms with van der Waals surface area (Å²) in [5.74, 6) is -21.9. The van der Waals surface area contributed by atoms with E-state index in [0.717, 1.165) is 0 Å². The largest absolute Gasteiger partial charge is 0.456 e. The molecule has 13 heteroatoms. The first-order valence-electron chi connectivity index (χ1n) is 6.95. The number of alkyl halides is 8. The molecule has 0 aliphatic carbocycles. The Hall–Kier alpha value is -2.37. The molecule has 0 amide bonds. The van der Waals surface area contributed by atoms with Crippen LogP contribution in [0.5, 0.6) is 5.75 Å². The van der Waals surface area contributed by atoms with Crippen LogP contribution in [-0.2, 0) is 14.3 Å². The third kappa shape index (κ3) is 5.33. The van der Waals surface area contributed by atoms with Gasteiger partial charge in [-0.2, -0.15) is 26.3 Å². The number of hydrogen-bond donors (Lipinski definition) is 0. The summed E-state index contributed by atoms with van der Waals surface area (Å²) in [4.78, 5) is 22.6. The predicted molar refractivity (Wildman–Crippen MR) is 78.0 cm³/mol. The van der Waals surface area contributed by atoms with Gasteiger partial charge in [0.1, 0.15) is 5.75 Å². The van der Waals surface area contributed by atoms with Gasteiger partial charge in [-0.25, -0.2) is 18.4 Å². The molecular formula is C15H9ClF8O4. The quantitative estimate of drug-likeness (QED) is 0.258. The molecule has 0 N–H and O–H groups in total. The molecule has 0 atom stereocenters. The van der Waals surface area contributed by atoms with Gasteiger partial charge in [0.2, 0.25) is 0 Å². The van der Waals surface area contributed by atoms with E-state index in [4.69, 9.17) is 11.6 Å². The SMILES string of the molecule is O=C(/C=C/C(=O)Oc1ccccc1Cl)OCC(F)(F)C(F)(F)C(F)(F)C(F)F. The van der Waals surface area contributed by atoms with Crippen LogP contribution < -0.4 is 4.74 Å². The molecular weight excluding hydrogens is 432 g/mol. The fourth-order valence-electron chi connectivity index (χ4n) is 1.49. The summed E-state index contributed by atoms with van der Waals surface area (Å²) in [6.45, 7) is -2.65. The number of carbonyl (C=O) groups is 2. The van der Waals surface area contributed by atoms with Crippen molar-refractivity contribution in [2.75, 3.05) is 6.61 Å². The molecule has 28 heavy (non-hydrogen) atoms. The van der Waals surface area contributed by atoms with Gasteiger partial charge in [-0.05, 0) is 12.1 Å². The number of ether oxygens (including phenoxy) is 2. The van der Waals surface area contributed by atoms with Gasteiger partial charge in [0, 0.05) is 12.2 Å². The second kappa shape index (κ2) is 8.76. The van der Waals surface area contributed by atoms with Crippen LogP contribution in [0.4, 0.5) is 35.1 Å². The first-order valence-corrected chi connectivity index (χ1v) is 7.33. The lowest BCUT2D eigenvalue weighted by Crippen LogP contribution is -2.59. The van der Waals surface area contributed by atoms with E-state index in [1.165, 1.54) is 24.3 Å². The molecule has 0 fully saturated rings. The zero-order chi connectivity index (χ0) is 21.8. The highest BCUT2D eigenvalue weighted by Gasteiger charge is 2.75. The van der Waals surface area contributed by atoms with E-state index >= 15 is 0 Å². The van der Waals surface area contributed by atoms with Crippen molar-refractivity contribution in [2.24, 2.45) is 0 Å². The Kier molecular flexibility index (Phi) is 7.40. The van der Waals surface area contributed by atoms with E-state index in [2.05, 4.69) is 9.47 Å². The third-order valence-electron chi connectivity index (χ3n) is 2.95. The Bertz CT molecular complexity index is 751. The summed E-state index contributed by atoms with van der Waals surface area (Å²) in [5, 5.41) is 0.00802. The van der Waals surface area contributed by atoms with Gasteiger partial charge in [-0.15, -0.1) is 0 Å². The van der Waals surface area contributed by atoms with Crippen LogP contribution in [0, 0.1) is 0 Å². The summed E-state index contributed by atoms with van der Waals surface area (Å²) >= 11 is 5.67. The maximum atomic E-state index is 13.2. The minimum absolute atomic E-state index is 0.00802. The van der Waals surface area contributed by atoms with Crippen LogP contribution in [0.2, 0.25) is 5.02 Å². The van der Waals surface area contributed by atoms with Crippen LogP contribution in [0.1, 0.15) is 0 Å². The maximum absolute atomic E-state index is 13.2. The zero-order valence-corrected chi connectivity index (χ0v) is 14.0. The lowest BCUT2D eigenvalue weighted by Gasteiger charge is -2.31. The molecule has 0 radical (unpaired) electrons. The van der Waals surface area contributed by atoms with Gasteiger partial charge in [0.25, 0.3) is 0 Å². The first kappa shape index (κ1) is 23.7. The molecule has 1 rings (SSSR count). The van der Waals surface area contributed by atoms with Crippen molar-refractivity contribution in [2.45, 2.75) is 24.2 Å². The number of rotatable bonds is 8. The van der Waals surface area contributed by atoms with E-state index in [-0.39, 0.29) is 16.8 Å². The summed E-state index contributed by atoms with van der Waals surface area (Å²) < 4.78 is 110. The molecule has 0 unspecified atom stereocenters. The monoisotopic (exact) mass is 440 g/mol. The fraction of sp³-hybridized carbons (Fsp3) is 0.333. The third-order valence-corrected chi connectivity index (χ3v) is 3.26. The number of para-hydroxylation sites is 1. The number of esters is 2. The molecule has 156 valence electrons. The number of halogens is 9. The topological polar surface area (TPSA) is 52.6 Å². The highest BCUT2D eigenvalue weighted by Crippen LogP contribution is 2.48. The normalized spacial score (nSPS) is 13.1. The molecule has 4 nitrogen and oxygen atoms in total. The predicted octanol–water partition coefficient (Wildman–Crippen LogP) is 4.52. The van der Waals surface area contributed by atoms with Crippen molar-refractivity contribution in [1.82, 2.24) is 0 Å². The van der Waals surface area contributed by atoms with Crippen molar-refractivity contribution < 1.29 is 54.2 Å². The van der Waals surface area contributed by atoms with Crippen LogP contribution >= 0.6 is 11.6 Å². The van der Waals surface area contributed by atoms with E-state index in [0.29, 0.717) is 6.08 Å². The maximum Gasteiger partial charge on any atom is 0.381 e. The molecule has 0 saturated carbocycles. The molecule has 1 aromatic carbocycles. The number of benzene rings is 1. The summed E-state index contributed by atoms with van der Waals surface area (Å²) in [5.41, 5.74) is 0. The van der Waals surface area contributed by atoms with Crippen molar-refractivity contribution in [1.29, 1.82) is 0 Å². The zero-order valence-electron chi connectivity index (χ0n) is 13.3. The Morgan fingerprint density at radius 1 is 1.00 bits per heavy atom. The van der Waals surface area contributed by atoms with Crippen LogP contribution in [0.25, 0.3) is 0 Å². The molecule has 0 heterocycles. The second-order valence-electron chi connectivity index (χ2n) is 5.00. The van der Waals surface area contributed by atoms with E-state index in [1.807, 2.05) is 0 Å². The standard InChI is InChI=1S/C15H9ClF8O4/c16-8-3-1-2-4-9(8)28-11(26)6-5-10(25)27-7-13(19,20)15(23,24)14(21,22)12(17)18/h1-6,12H,7H2/b6-5+. The van der Waals surface area contributed by atoms with Gasteiger partial charge in [0.15, 0.2) is 6.61 Å². The van der Waals surface area contributed by atoms with Crippen molar-refractivity contribution in [3.05, 3.63) is 41.4 Å². The Morgan fingerprint density at radius 3 is 2.07 bits per heavy atom. The average Bonchev–Trinajstić information content (AvgIpc) is 2.59. The summed E-state index contributed by atoms with van der Waals surface area (Å²) in [7, 11) is 0. The molecule has 0 spiro atoms.